The van der Waals surface area contributed by atoms with Crippen molar-refractivity contribution in [1.82, 2.24) is 26.1 Å². The number of benzene rings is 1. The van der Waals surface area contributed by atoms with Gasteiger partial charge in [-0.05, 0) is 57.9 Å². The number of amides is 3. The number of unbranched alkanes of at least 4 members (excludes halogenated alkanes) is 5. The van der Waals surface area contributed by atoms with Crippen LogP contribution in [0.2, 0.25) is 0 Å². The molecule has 2 aliphatic rings. The van der Waals surface area contributed by atoms with Gasteiger partial charge in [0.1, 0.15) is 30.2 Å². The maximum absolute atomic E-state index is 13.3. The van der Waals surface area contributed by atoms with E-state index in [2.05, 4.69) is 16.0 Å². The number of nitrogens with zero attached hydrogens (tertiary/aromatic N) is 2. The molecule has 8 N–H and O–H groups in total. The minimum Gasteiger partial charge on any atom is -0.508 e. The van der Waals surface area contributed by atoms with Gasteiger partial charge in [-0.2, -0.15) is 5.06 Å². The molecule has 0 unspecified atom stereocenters. The van der Waals surface area contributed by atoms with Crippen LogP contribution < -0.4 is 16.0 Å². The zero-order valence-corrected chi connectivity index (χ0v) is 29.6. The molecule has 0 aliphatic carbocycles. The fourth-order valence-corrected chi connectivity index (χ4v) is 5.79. The second kappa shape index (κ2) is 22.1. The van der Waals surface area contributed by atoms with Crippen LogP contribution in [0.15, 0.2) is 36.0 Å². The van der Waals surface area contributed by atoms with Gasteiger partial charge >= 0.3 is 11.9 Å². The second-order valence-corrected chi connectivity index (χ2v) is 13.1. The first kappa shape index (κ1) is 42.3. The number of allylic oxidation sites excluding steroid dienone is 1. The summed E-state index contributed by atoms with van der Waals surface area (Å²) in [7, 11) is 0. The predicted octanol–water partition coefficient (Wildman–Crippen LogP) is 2.19. The number of hydroxylamine groups is 4. The maximum Gasteiger partial charge on any atom is 0.328 e. The molecule has 17 nitrogen and oxygen atoms in total. The summed E-state index contributed by atoms with van der Waals surface area (Å²) in [5.74, 6) is -3.22. The third kappa shape index (κ3) is 14.5. The van der Waals surface area contributed by atoms with E-state index in [9.17, 15) is 44.6 Å². The largest absolute Gasteiger partial charge is 0.508 e. The van der Waals surface area contributed by atoms with Gasteiger partial charge in [-0.1, -0.05) is 43.5 Å². The van der Waals surface area contributed by atoms with Crippen molar-refractivity contribution < 1.29 is 59.2 Å². The standard InChI is InChI=1S/C35H53N5O12/c1-23(21-29(42)36-25-14-9-12-20-40(50)34(25)47)52-35(48)26(37-32(46)27-22-51-33(38-27)24-13-7-8-16-28(24)41)15-10-11-19-39(49)30(43)17-5-3-2-4-6-18-31(44)45/h7-8,13-14,16,23,26-27,33-34,38,41,47,49-50H,2-6,9-12,15,17-22H2,1H3,(H,36,42)(H,37,46)(H,44,45)/t23-,26-,27-,33+,34+/m0/s1. The number of aliphatic hydroxyl groups excluding tert-OH is 1. The molecule has 1 aromatic rings. The Labute approximate surface area is 302 Å². The van der Waals surface area contributed by atoms with E-state index in [-0.39, 0.29) is 56.8 Å². The Kier molecular flexibility index (Phi) is 17.9. The number of nitrogens with one attached hydrogen (secondary N) is 3. The first-order valence-electron chi connectivity index (χ1n) is 17.9. The Morgan fingerprint density at radius 1 is 1.06 bits per heavy atom. The molecular weight excluding hydrogens is 682 g/mol. The highest BCUT2D eigenvalue weighted by Crippen LogP contribution is 2.28. The summed E-state index contributed by atoms with van der Waals surface area (Å²) in [5, 5.41) is 58.8. The molecule has 3 rings (SSSR count). The molecule has 0 bridgehead atoms. The van der Waals surface area contributed by atoms with Crippen LogP contribution >= 0.6 is 0 Å². The third-order valence-electron chi connectivity index (χ3n) is 8.69. The van der Waals surface area contributed by atoms with Crippen LogP contribution in [-0.2, 0) is 33.4 Å². The van der Waals surface area contributed by atoms with Gasteiger partial charge in [0.15, 0.2) is 6.23 Å². The second-order valence-electron chi connectivity index (χ2n) is 13.1. The summed E-state index contributed by atoms with van der Waals surface area (Å²) in [4.78, 5) is 62.3. The lowest BCUT2D eigenvalue weighted by Crippen LogP contribution is -2.50. The molecule has 290 valence electrons. The molecule has 2 heterocycles. The van der Waals surface area contributed by atoms with Crippen LogP contribution in [0.1, 0.15) is 102 Å². The molecule has 5 atom stereocenters. The topological polar surface area (TPSA) is 248 Å². The highest BCUT2D eigenvalue weighted by atomic mass is 16.5. The van der Waals surface area contributed by atoms with Crippen molar-refractivity contribution in [1.29, 1.82) is 0 Å². The van der Waals surface area contributed by atoms with E-state index in [1.54, 1.807) is 24.3 Å². The van der Waals surface area contributed by atoms with E-state index < -0.39 is 60.3 Å². The number of rotatable bonds is 21. The van der Waals surface area contributed by atoms with Gasteiger partial charge < -0.3 is 40.6 Å². The molecule has 52 heavy (non-hydrogen) atoms. The summed E-state index contributed by atoms with van der Waals surface area (Å²) in [6.07, 6.45) is 3.72. The van der Waals surface area contributed by atoms with Gasteiger partial charge in [0.25, 0.3) is 0 Å². The molecule has 0 radical (unpaired) electrons. The molecule has 0 aromatic heterocycles. The Morgan fingerprint density at radius 3 is 2.50 bits per heavy atom. The highest BCUT2D eigenvalue weighted by Gasteiger charge is 2.35. The summed E-state index contributed by atoms with van der Waals surface area (Å²) in [5.41, 5.74) is 0.560. The SMILES string of the molecule is C[C@@H](CC(=O)NC1=CCCCN(O)[C@@H]1O)OC(=O)[C@H](CCCCN(O)C(=O)CCCCCCCC(=O)O)NC(=O)[C@@H]1CO[C@H](c2ccccc2O)N1. The average molecular weight is 736 g/mol. The van der Waals surface area contributed by atoms with Crippen LogP contribution in [0.4, 0.5) is 0 Å². The summed E-state index contributed by atoms with van der Waals surface area (Å²) >= 11 is 0. The van der Waals surface area contributed by atoms with Gasteiger partial charge in [0, 0.05) is 31.5 Å². The quantitative estimate of drug-likeness (QED) is 0.0391. The summed E-state index contributed by atoms with van der Waals surface area (Å²) in [6.45, 7) is 1.68. The molecule has 1 fully saturated rings. The lowest BCUT2D eigenvalue weighted by Gasteiger charge is -2.23. The first-order chi connectivity index (χ1) is 24.8. The van der Waals surface area contributed by atoms with Crippen molar-refractivity contribution in [3.63, 3.8) is 0 Å². The fourth-order valence-electron chi connectivity index (χ4n) is 5.79. The number of hydrogen-bond donors (Lipinski definition) is 8. The Morgan fingerprint density at radius 2 is 1.77 bits per heavy atom. The van der Waals surface area contributed by atoms with E-state index in [4.69, 9.17) is 14.6 Å². The van der Waals surface area contributed by atoms with Gasteiger partial charge in [-0.3, -0.25) is 29.7 Å². The number of phenolic OH excluding ortho intramolecular Hbond substituents is 1. The molecule has 1 saturated heterocycles. The van der Waals surface area contributed by atoms with Crippen molar-refractivity contribution >= 4 is 29.7 Å². The zero-order valence-electron chi connectivity index (χ0n) is 29.6. The molecular formula is C35H53N5O12. The van der Waals surface area contributed by atoms with Gasteiger partial charge in [0.2, 0.25) is 17.7 Å². The highest BCUT2D eigenvalue weighted by molar-refractivity contribution is 5.88. The number of carboxylic acid groups (broad SMARTS) is 1. The lowest BCUT2D eigenvalue weighted by molar-refractivity contribution is -0.181. The predicted molar refractivity (Wildman–Crippen MR) is 183 cm³/mol. The number of aliphatic carboxylic acids is 1. The van der Waals surface area contributed by atoms with Crippen molar-refractivity contribution in [3.8, 4) is 5.75 Å². The number of ether oxygens (including phenoxy) is 2. The maximum atomic E-state index is 13.3. The summed E-state index contributed by atoms with van der Waals surface area (Å²) in [6, 6.07) is 4.50. The van der Waals surface area contributed by atoms with Crippen LogP contribution in [-0.4, -0.2) is 110 Å². The summed E-state index contributed by atoms with van der Waals surface area (Å²) < 4.78 is 11.2. The molecule has 17 heteroatoms. The van der Waals surface area contributed by atoms with E-state index in [0.29, 0.717) is 54.2 Å². The van der Waals surface area contributed by atoms with E-state index >= 15 is 0 Å². The monoisotopic (exact) mass is 735 g/mol. The number of carbonyl (C=O) groups is 5. The molecule has 0 saturated carbocycles. The average Bonchev–Trinajstić information content (AvgIpc) is 3.54. The van der Waals surface area contributed by atoms with Gasteiger partial charge in [-0.25, -0.2) is 9.86 Å². The van der Waals surface area contributed by atoms with Crippen molar-refractivity contribution in [2.24, 2.45) is 0 Å². The number of phenols is 1. The van der Waals surface area contributed by atoms with Crippen LogP contribution in [0.3, 0.4) is 0 Å². The Bertz CT molecular complexity index is 1380. The number of aromatic hydroxyl groups is 1. The van der Waals surface area contributed by atoms with Crippen molar-refractivity contribution in [2.75, 3.05) is 19.7 Å². The van der Waals surface area contributed by atoms with E-state index in [1.807, 2.05) is 0 Å². The van der Waals surface area contributed by atoms with E-state index in [1.165, 1.54) is 13.0 Å². The zero-order chi connectivity index (χ0) is 38.0. The Hall–Kier alpha value is -4.13. The normalized spacial score (nSPS) is 20.2. The molecule has 1 aromatic carbocycles. The number of carbonyl (C=O) groups excluding carboxylic acids is 4. The third-order valence-corrected chi connectivity index (χ3v) is 8.69. The minimum absolute atomic E-state index is 0.00300. The molecule has 0 spiro atoms. The molecule has 2 aliphatic heterocycles. The number of para-hydroxylation sites is 1. The fraction of sp³-hybridized carbons (Fsp3) is 0.629. The number of carboxylic acids is 1. The van der Waals surface area contributed by atoms with Crippen LogP contribution in [0, 0.1) is 0 Å². The van der Waals surface area contributed by atoms with E-state index in [0.717, 1.165) is 19.3 Å². The minimum atomic E-state index is -1.41. The smallest absolute Gasteiger partial charge is 0.328 e. The first-order valence-corrected chi connectivity index (χ1v) is 17.9. The van der Waals surface area contributed by atoms with Crippen LogP contribution in [0.5, 0.6) is 5.75 Å². The van der Waals surface area contributed by atoms with Crippen LogP contribution in [0.25, 0.3) is 0 Å². The van der Waals surface area contributed by atoms with Gasteiger partial charge in [0.05, 0.1) is 18.7 Å². The van der Waals surface area contributed by atoms with Crippen molar-refractivity contribution in [2.45, 2.75) is 121 Å². The number of aliphatic hydroxyl groups is 1. The number of hydrogen-bond acceptors (Lipinski definition) is 13. The number of esters is 1. The van der Waals surface area contributed by atoms with Gasteiger partial charge in [-0.15, -0.1) is 0 Å². The van der Waals surface area contributed by atoms with Crippen molar-refractivity contribution in [3.05, 3.63) is 41.6 Å². The molecule has 3 amide bonds. The Balaban J connectivity index is 1.52. The lowest BCUT2D eigenvalue weighted by atomic mass is 10.1.